The molecule has 1 aromatic rings. The van der Waals surface area contributed by atoms with Crippen molar-refractivity contribution < 1.29 is 9.59 Å². The molecule has 0 spiro atoms. The molecule has 0 saturated carbocycles. The molecule has 17 heavy (non-hydrogen) atoms. The van der Waals surface area contributed by atoms with Gasteiger partial charge >= 0.3 is 0 Å². The molecule has 2 amide bonds. The number of rotatable bonds is 1. The van der Waals surface area contributed by atoms with Crippen molar-refractivity contribution in [2.75, 3.05) is 0 Å². The van der Waals surface area contributed by atoms with Gasteiger partial charge in [0.25, 0.3) is 11.8 Å². The van der Waals surface area contributed by atoms with Gasteiger partial charge in [0.05, 0.1) is 11.1 Å². The summed E-state index contributed by atoms with van der Waals surface area (Å²) in [6.07, 6.45) is 8.00. The first-order valence-corrected chi connectivity index (χ1v) is 5.39. The number of fused-ring (bicyclic) bond motifs is 1. The van der Waals surface area contributed by atoms with Crippen LogP contribution in [0.25, 0.3) is 0 Å². The van der Waals surface area contributed by atoms with Crippen LogP contribution in [0.2, 0.25) is 0 Å². The minimum absolute atomic E-state index is 0.300. The van der Waals surface area contributed by atoms with Crippen molar-refractivity contribution in [3.8, 4) is 0 Å². The fourth-order valence-corrected chi connectivity index (χ4v) is 1.34. The second-order valence-corrected chi connectivity index (χ2v) is 3.38. The van der Waals surface area contributed by atoms with Crippen LogP contribution in [-0.2, 0) is 0 Å². The first-order valence-electron chi connectivity index (χ1n) is 5.39. The Hall–Kier alpha value is -2.16. The molecule has 88 valence electrons. The molecule has 1 aliphatic heterocycles. The van der Waals surface area contributed by atoms with E-state index in [-0.39, 0.29) is 11.8 Å². The second-order valence-electron chi connectivity index (χ2n) is 3.38. The van der Waals surface area contributed by atoms with Crippen LogP contribution < -0.4 is 5.32 Å². The summed E-state index contributed by atoms with van der Waals surface area (Å²) in [6, 6.07) is 6.74. The smallest absolute Gasteiger partial charge is 0.258 e. The zero-order chi connectivity index (χ0) is 12.7. The van der Waals surface area contributed by atoms with Gasteiger partial charge in [-0.05, 0) is 26.0 Å². The van der Waals surface area contributed by atoms with Gasteiger partial charge < -0.3 is 0 Å². The first-order chi connectivity index (χ1) is 8.20. The number of nitrogens with one attached hydrogen (secondary N) is 1. The zero-order valence-corrected chi connectivity index (χ0v) is 9.94. The van der Waals surface area contributed by atoms with Gasteiger partial charge in [0, 0.05) is 0 Å². The maximum absolute atomic E-state index is 10.9. The molecule has 0 unspecified atom stereocenters. The fourth-order valence-electron chi connectivity index (χ4n) is 1.34. The van der Waals surface area contributed by atoms with Gasteiger partial charge in [-0.15, -0.1) is 0 Å². The largest absolute Gasteiger partial charge is 0.288 e. The highest BCUT2D eigenvalue weighted by Crippen LogP contribution is 2.13. The predicted octanol–water partition coefficient (Wildman–Crippen LogP) is 2.71. The highest BCUT2D eigenvalue weighted by atomic mass is 16.2. The number of imide groups is 1. The predicted molar refractivity (Wildman–Crippen MR) is 67.9 cm³/mol. The molecular weight excluding hydrogens is 214 g/mol. The summed E-state index contributed by atoms with van der Waals surface area (Å²) in [7, 11) is 0. The summed E-state index contributed by atoms with van der Waals surface area (Å²) in [5.74, 6) is -0.601. The monoisotopic (exact) mass is 229 g/mol. The number of hydrogen-bond acceptors (Lipinski definition) is 2. The van der Waals surface area contributed by atoms with Gasteiger partial charge in [-0.3, -0.25) is 14.9 Å². The molecule has 0 fully saturated rings. The zero-order valence-electron chi connectivity index (χ0n) is 9.94. The highest BCUT2D eigenvalue weighted by molar-refractivity contribution is 6.21. The first kappa shape index (κ1) is 12.9. The van der Waals surface area contributed by atoms with E-state index in [9.17, 15) is 9.59 Å². The number of carbonyl (C=O) groups is 2. The highest BCUT2D eigenvalue weighted by Gasteiger charge is 2.25. The van der Waals surface area contributed by atoms with Crippen molar-refractivity contribution in [1.29, 1.82) is 0 Å². The second kappa shape index (κ2) is 6.43. The lowest BCUT2D eigenvalue weighted by molar-refractivity contribution is 0.0879. The standard InChI is InChI=1S/C8H5NO2.C6H10/c10-7-5-3-1-2-4-6(5)8(11)9-7;1-3-5-6-4-2/h1-4H,(H,9,10,11);3-6H,1-2H3. The van der Waals surface area contributed by atoms with Crippen LogP contribution in [0.1, 0.15) is 34.6 Å². The van der Waals surface area contributed by atoms with Gasteiger partial charge in [0.2, 0.25) is 0 Å². The van der Waals surface area contributed by atoms with E-state index in [0.717, 1.165) is 0 Å². The van der Waals surface area contributed by atoms with Gasteiger partial charge in [0.15, 0.2) is 0 Å². The number of carbonyl (C=O) groups excluding carboxylic acids is 2. The Balaban J connectivity index is 0.000000209. The van der Waals surface area contributed by atoms with Crippen molar-refractivity contribution in [3.05, 3.63) is 59.7 Å². The summed E-state index contributed by atoms with van der Waals surface area (Å²) in [5, 5.41) is 2.20. The lowest BCUT2D eigenvalue weighted by atomic mass is 10.1. The van der Waals surface area contributed by atoms with E-state index in [4.69, 9.17) is 0 Å². The Morgan fingerprint density at radius 3 is 1.65 bits per heavy atom. The average molecular weight is 229 g/mol. The lowest BCUT2D eigenvalue weighted by Gasteiger charge is -1.88. The van der Waals surface area contributed by atoms with Gasteiger partial charge in [0.1, 0.15) is 0 Å². The normalized spacial score (nSPS) is 13.5. The summed E-state index contributed by atoms with van der Waals surface area (Å²) in [5.41, 5.74) is 0.940. The maximum Gasteiger partial charge on any atom is 0.258 e. The molecule has 3 nitrogen and oxygen atoms in total. The van der Waals surface area contributed by atoms with E-state index in [1.54, 1.807) is 24.3 Å². The van der Waals surface area contributed by atoms with Crippen LogP contribution in [0.15, 0.2) is 48.6 Å². The molecule has 0 saturated heterocycles. The van der Waals surface area contributed by atoms with E-state index in [1.165, 1.54) is 0 Å². The summed E-state index contributed by atoms with van der Waals surface area (Å²) in [6.45, 7) is 4.00. The maximum atomic E-state index is 10.9. The molecule has 0 aromatic heterocycles. The summed E-state index contributed by atoms with van der Waals surface area (Å²) in [4.78, 5) is 21.9. The SMILES string of the molecule is CC=CC=CC.O=C1NC(=O)c2ccccc21. The third kappa shape index (κ3) is 3.41. The Kier molecular flexibility index (Phi) is 4.88. The Morgan fingerprint density at radius 1 is 0.882 bits per heavy atom. The quantitative estimate of drug-likeness (QED) is 0.594. The van der Waals surface area contributed by atoms with Crippen LogP contribution in [0.3, 0.4) is 0 Å². The number of allylic oxidation sites excluding steroid dienone is 4. The van der Waals surface area contributed by atoms with E-state index < -0.39 is 0 Å². The van der Waals surface area contributed by atoms with E-state index >= 15 is 0 Å². The molecule has 0 aliphatic carbocycles. The van der Waals surface area contributed by atoms with Gasteiger partial charge in [-0.25, -0.2) is 0 Å². The van der Waals surface area contributed by atoms with Gasteiger partial charge in [-0.1, -0.05) is 36.4 Å². The molecule has 1 N–H and O–H groups in total. The third-order valence-electron chi connectivity index (χ3n) is 2.14. The van der Waals surface area contributed by atoms with Crippen LogP contribution in [0, 0.1) is 0 Å². The minimum atomic E-state index is -0.300. The molecule has 3 heteroatoms. The van der Waals surface area contributed by atoms with Crippen LogP contribution in [-0.4, -0.2) is 11.8 Å². The summed E-state index contributed by atoms with van der Waals surface area (Å²) < 4.78 is 0. The molecule has 2 rings (SSSR count). The van der Waals surface area contributed by atoms with E-state index in [2.05, 4.69) is 5.32 Å². The van der Waals surface area contributed by atoms with Crippen molar-refractivity contribution >= 4 is 11.8 Å². The van der Waals surface area contributed by atoms with Crippen molar-refractivity contribution in [2.24, 2.45) is 0 Å². The summed E-state index contributed by atoms with van der Waals surface area (Å²) >= 11 is 0. The lowest BCUT2D eigenvalue weighted by Crippen LogP contribution is -2.19. The van der Waals surface area contributed by atoms with E-state index in [1.807, 2.05) is 38.2 Å². The molecule has 0 bridgehead atoms. The third-order valence-corrected chi connectivity index (χ3v) is 2.14. The van der Waals surface area contributed by atoms with Crippen molar-refractivity contribution in [1.82, 2.24) is 5.32 Å². The Morgan fingerprint density at radius 2 is 1.29 bits per heavy atom. The average Bonchev–Trinajstić information content (AvgIpc) is 2.64. The van der Waals surface area contributed by atoms with Crippen LogP contribution >= 0.6 is 0 Å². The Bertz CT molecular complexity index is 430. The number of amides is 2. The van der Waals surface area contributed by atoms with Crippen molar-refractivity contribution in [3.63, 3.8) is 0 Å². The Labute approximate surface area is 101 Å². The molecule has 1 heterocycles. The molecular formula is C14H15NO2. The molecule has 0 radical (unpaired) electrons. The topological polar surface area (TPSA) is 46.2 Å². The molecule has 1 aliphatic rings. The number of hydrogen-bond donors (Lipinski definition) is 1. The van der Waals surface area contributed by atoms with Crippen LogP contribution in [0.4, 0.5) is 0 Å². The van der Waals surface area contributed by atoms with Gasteiger partial charge in [-0.2, -0.15) is 0 Å². The van der Waals surface area contributed by atoms with E-state index in [0.29, 0.717) is 11.1 Å². The molecule has 0 atom stereocenters. The van der Waals surface area contributed by atoms with Crippen molar-refractivity contribution in [2.45, 2.75) is 13.8 Å². The fraction of sp³-hybridized carbons (Fsp3) is 0.143. The van der Waals surface area contributed by atoms with Crippen LogP contribution in [0.5, 0.6) is 0 Å². The molecule has 1 aromatic carbocycles. The minimum Gasteiger partial charge on any atom is -0.288 e. The number of benzene rings is 1.